The van der Waals surface area contributed by atoms with Gasteiger partial charge in [0.2, 0.25) is 0 Å². The van der Waals surface area contributed by atoms with Gasteiger partial charge in [0.1, 0.15) is 5.82 Å². The van der Waals surface area contributed by atoms with Gasteiger partial charge in [-0.05, 0) is 13.3 Å². The third-order valence-corrected chi connectivity index (χ3v) is 1.96. The highest BCUT2D eigenvalue weighted by Gasteiger charge is 2.03. The second-order valence-electron chi connectivity index (χ2n) is 3.03. The van der Waals surface area contributed by atoms with Crippen LogP contribution in [-0.4, -0.2) is 20.8 Å². The lowest BCUT2D eigenvalue weighted by Gasteiger charge is -2.12. The van der Waals surface area contributed by atoms with Gasteiger partial charge in [-0.25, -0.2) is 0 Å². The van der Waals surface area contributed by atoms with E-state index in [1.165, 1.54) is 6.07 Å². The predicted octanol–water partition coefficient (Wildman–Crippen LogP) is 0.323. The summed E-state index contributed by atoms with van der Waals surface area (Å²) >= 11 is 0. The number of hydrogen-bond acceptors (Lipinski definition) is 3. The van der Waals surface area contributed by atoms with Crippen LogP contribution in [0.2, 0.25) is 0 Å². The predicted molar refractivity (Wildman–Crippen MR) is 49.5 cm³/mol. The van der Waals surface area contributed by atoms with Crippen LogP contribution >= 0.6 is 0 Å². The average molecular weight is 182 g/mol. The Balaban J connectivity index is 2.83. The lowest BCUT2D eigenvalue weighted by Crippen LogP contribution is -2.20. The van der Waals surface area contributed by atoms with E-state index < -0.39 is 0 Å². The third-order valence-electron chi connectivity index (χ3n) is 1.96. The van der Waals surface area contributed by atoms with E-state index in [0.29, 0.717) is 18.8 Å². The Morgan fingerprint density at radius 2 is 2.38 bits per heavy atom. The maximum absolute atomic E-state index is 10.8. The van der Waals surface area contributed by atoms with E-state index in [4.69, 9.17) is 0 Å². The first-order valence-electron chi connectivity index (χ1n) is 4.35. The molecule has 13 heavy (non-hydrogen) atoms. The molecule has 0 aliphatic heterocycles. The smallest absolute Gasteiger partial charge is 0.272 e. The van der Waals surface area contributed by atoms with Crippen molar-refractivity contribution in [3.8, 4) is 0 Å². The van der Waals surface area contributed by atoms with E-state index in [-0.39, 0.29) is 11.7 Å². The zero-order valence-corrected chi connectivity index (χ0v) is 7.90. The van der Waals surface area contributed by atoms with Gasteiger partial charge in [0.05, 0.1) is 6.10 Å². The number of aromatic nitrogens is 2. The molecular weight excluding hydrogens is 168 g/mol. The van der Waals surface area contributed by atoms with Crippen molar-refractivity contribution in [2.45, 2.75) is 32.9 Å². The van der Waals surface area contributed by atoms with Crippen LogP contribution in [0.3, 0.4) is 0 Å². The second kappa shape index (κ2) is 4.18. The number of aliphatic hydroxyl groups excluding tert-OH is 1. The van der Waals surface area contributed by atoms with E-state index in [1.807, 2.05) is 6.92 Å². The summed E-state index contributed by atoms with van der Waals surface area (Å²) in [6.07, 6.45) is 1.98. The maximum Gasteiger partial charge on any atom is 0.272 e. The molecule has 72 valence electrons. The average Bonchev–Trinajstić information content (AvgIpc) is 2.09. The Kier molecular flexibility index (Phi) is 3.19. The van der Waals surface area contributed by atoms with Crippen LogP contribution in [0.5, 0.6) is 0 Å². The Labute approximate surface area is 76.9 Å². The number of nitrogens with zero attached hydrogens (tertiary/aromatic N) is 2. The van der Waals surface area contributed by atoms with Crippen molar-refractivity contribution in [2.75, 3.05) is 0 Å². The van der Waals surface area contributed by atoms with Gasteiger partial charge in [0.15, 0.2) is 0 Å². The van der Waals surface area contributed by atoms with Crippen molar-refractivity contribution < 1.29 is 5.11 Å². The quantitative estimate of drug-likeness (QED) is 0.732. The van der Waals surface area contributed by atoms with E-state index >= 15 is 0 Å². The fourth-order valence-corrected chi connectivity index (χ4v) is 1.07. The van der Waals surface area contributed by atoms with Crippen molar-refractivity contribution in [1.29, 1.82) is 0 Å². The second-order valence-corrected chi connectivity index (χ2v) is 3.03. The summed E-state index contributed by atoms with van der Waals surface area (Å²) in [7, 11) is 0. The zero-order valence-electron chi connectivity index (χ0n) is 7.90. The molecule has 0 amide bonds. The summed E-state index contributed by atoms with van der Waals surface area (Å²) in [5.74, 6) is 0.639. The van der Waals surface area contributed by atoms with E-state index in [9.17, 15) is 9.90 Å². The lowest BCUT2D eigenvalue weighted by atomic mass is 10.3. The summed E-state index contributed by atoms with van der Waals surface area (Å²) in [5, 5.41) is 9.38. The molecule has 0 saturated carbocycles. The van der Waals surface area contributed by atoms with Crippen molar-refractivity contribution in [3.63, 3.8) is 0 Å². The highest BCUT2D eigenvalue weighted by molar-refractivity contribution is 4.91. The number of aryl methyl sites for hydroxylation is 1. The fourth-order valence-electron chi connectivity index (χ4n) is 1.07. The first-order chi connectivity index (χ1) is 6.13. The van der Waals surface area contributed by atoms with E-state index in [2.05, 4.69) is 4.98 Å². The van der Waals surface area contributed by atoms with Crippen molar-refractivity contribution >= 4 is 0 Å². The van der Waals surface area contributed by atoms with Gasteiger partial charge >= 0.3 is 0 Å². The molecule has 0 aliphatic rings. The Morgan fingerprint density at radius 3 is 2.92 bits per heavy atom. The number of aliphatic hydroxyl groups is 1. The molecule has 0 aliphatic carbocycles. The Hall–Kier alpha value is -1.16. The SMILES string of the molecule is CC[C@H](O)Cn1ccc(=O)nc1C. The van der Waals surface area contributed by atoms with Crippen LogP contribution < -0.4 is 5.56 Å². The first kappa shape index (κ1) is 9.92. The molecule has 0 radical (unpaired) electrons. The molecule has 4 heteroatoms. The lowest BCUT2D eigenvalue weighted by molar-refractivity contribution is 0.148. The van der Waals surface area contributed by atoms with Crippen LogP contribution in [0.25, 0.3) is 0 Å². The normalized spacial score (nSPS) is 12.8. The minimum Gasteiger partial charge on any atom is -0.391 e. The molecule has 0 saturated heterocycles. The number of hydrogen-bond donors (Lipinski definition) is 1. The van der Waals surface area contributed by atoms with E-state index in [1.54, 1.807) is 17.7 Å². The minimum absolute atomic E-state index is 0.236. The molecular formula is C9H14N2O2. The molecule has 0 aromatic carbocycles. The first-order valence-corrected chi connectivity index (χ1v) is 4.35. The maximum atomic E-state index is 10.8. The van der Waals surface area contributed by atoms with Crippen molar-refractivity contribution in [2.24, 2.45) is 0 Å². The molecule has 1 heterocycles. The van der Waals surface area contributed by atoms with Gasteiger partial charge in [-0.15, -0.1) is 0 Å². The Morgan fingerprint density at radius 1 is 1.69 bits per heavy atom. The monoisotopic (exact) mass is 182 g/mol. The third kappa shape index (κ3) is 2.66. The standard InChI is InChI=1S/C9H14N2O2/c1-3-8(12)6-11-5-4-9(13)10-7(11)2/h4-5,8,12H,3,6H2,1-2H3/t8-/m0/s1. The molecule has 4 nitrogen and oxygen atoms in total. The van der Waals surface area contributed by atoms with Crippen LogP contribution in [-0.2, 0) is 6.54 Å². The Bertz CT molecular complexity index is 333. The summed E-state index contributed by atoms with van der Waals surface area (Å²) in [4.78, 5) is 14.6. The molecule has 0 fully saturated rings. The molecule has 0 spiro atoms. The summed E-state index contributed by atoms with van der Waals surface area (Å²) in [5.41, 5.74) is -0.236. The van der Waals surface area contributed by atoms with Crippen molar-refractivity contribution in [3.05, 3.63) is 28.4 Å². The van der Waals surface area contributed by atoms with Crippen molar-refractivity contribution in [1.82, 2.24) is 9.55 Å². The van der Waals surface area contributed by atoms with Crippen LogP contribution in [0.15, 0.2) is 17.1 Å². The summed E-state index contributed by atoms with van der Waals surface area (Å²) in [6.45, 7) is 4.16. The van der Waals surface area contributed by atoms with Gasteiger partial charge < -0.3 is 9.67 Å². The largest absolute Gasteiger partial charge is 0.391 e. The highest BCUT2D eigenvalue weighted by atomic mass is 16.3. The fraction of sp³-hybridized carbons (Fsp3) is 0.556. The van der Waals surface area contributed by atoms with Crippen LogP contribution in [0.1, 0.15) is 19.2 Å². The summed E-state index contributed by atoms with van der Waals surface area (Å²) < 4.78 is 1.77. The molecule has 0 unspecified atom stereocenters. The van der Waals surface area contributed by atoms with Gasteiger partial charge in [-0.3, -0.25) is 4.79 Å². The van der Waals surface area contributed by atoms with Crippen LogP contribution in [0, 0.1) is 6.92 Å². The van der Waals surface area contributed by atoms with Crippen LogP contribution in [0.4, 0.5) is 0 Å². The molecule has 0 bridgehead atoms. The van der Waals surface area contributed by atoms with Gasteiger partial charge in [0.25, 0.3) is 5.56 Å². The minimum atomic E-state index is -0.372. The highest BCUT2D eigenvalue weighted by Crippen LogP contribution is 1.97. The molecule has 1 atom stereocenters. The zero-order chi connectivity index (χ0) is 9.84. The molecule has 1 aromatic rings. The number of rotatable bonds is 3. The topological polar surface area (TPSA) is 55.1 Å². The molecule has 1 rings (SSSR count). The molecule has 1 aromatic heterocycles. The van der Waals surface area contributed by atoms with Gasteiger partial charge in [-0.2, -0.15) is 4.98 Å². The molecule has 1 N–H and O–H groups in total. The van der Waals surface area contributed by atoms with Gasteiger partial charge in [0, 0.05) is 18.8 Å². The van der Waals surface area contributed by atoms with Gasteiger partial charge in [-0.1, -0.05) is 6.92 Å². The summed E-state index contributed by atoms with van der Waals surface area (Å²) in [6, 6.07) is 1.40. The van der Waals surface area contributed by atoms with E-state index in [0.717, 1.165) is 0 Å².